The van der Waals surface area contributed by atoms with Crippen LogP contribution in [0.1, 0.15) is 30.6 Å². The van der Waals surface area contributed by atoms with E-state index in [1.54, 1.807) is 0 Å². The van der Waals surface area contributed by atoms with Gasteiger partial charge in [-0.15, -0.1) is 11.3 Å². The Morgan fingerprint density at radius 2 is 2.05 bits per heavy atom. The lowest BCUT2D eigenvalue weighted by Crippen LogP contribution is -2.43. The van der Waals surface area contributed by atoms with Gasteiger partial charge < -0.3 is 20.1 Å². The highest BCUT2D eigenvalue weighted by Crippen LogP contribution is 2.38. The summed E-state index contributed by atoms with van der Waals surface area (Å²) in [6.45, 7) is 1.14. The standard InChI is InChI=1S/C15H20N2O4S/c18-13(14(19)17-9-12-4-3-7-22-12)16-8-11-10-20-15(21-11)5-1-2-6-15/h3-4,7,11H,1-2,5-6,8-10H2,(H,16,18)(H,17,19)/t11-/m1/s1. The van der Waals surface area contributed by atoms with Crippen LogP contribution in [0, 0.1) is 0 Å². The number of thiophene rings is 1. The van der Waals surface area contributed by atoms with E-state index in [9.17, 15) is 9.59 Å². The van der Waals surface area contributed by atoms with Crippen LogP contribution in [-0.4, -0.2) is 36.9 Å². The van der Waals surface area contributed by atoms with Gasteiger partial charge in [0, 0.05) is 24.3 Å². The van der Waals surface area contributed by atoms with E-state index >= 15 is 0 Å². The Morgan fingerprint density at radius 3 is 2.77 bits per heavy atom. The van der Waals surface area contributed by atoms with Crippen LogP contribution in [0.2, 0.25) is 0 Å². The van der Waals surface area contributed by atoms with Crippen LogP contribution in [0.25, 0.3) is 0 Å². The monoisotopic (exact) mass is 324 g/mol. The zero-order valence-electron chi connectivity index (χ0n) is 12.3. The normalized spacial score (nSPS) is 22.8. The van der Waals surface area contributed by atoms with Crippen molar-refractivity contribution in [3.05, 3.63) is 22.4 Å². The molecule has 1 saturated carbocycles. The number of carbonyl (C=O) groups is 2. The maximum absolute atomic E-state index is 11.8. The summed E-state index contributed by atoms with van der Waals surface area (Å²) in [7, 11) is 0. The van der Waals surface area contributed by atoms with Crippen molar-refractivity contribution in [3.8, 4) is 0 Å². The van der Waals surface area contributed by atoms with Gasteiger partial charge in [-0.3, -0.25) is 9.59 Å². The van der Waals surface area contributed by atoms with Crippen molar-refractivity contribution in [3.63, 3.8) is 0 Å². The Bertz CT molecular complexity index is 526. The van der Waals surface area contributed by atoms with Crippen LogP contribution >= 0.6 is 11.3 Å². The molecule has 2 fully saturated rings. The Morgan fingerprint density at radius 1 is 1.27 bits per heavy atom. The molecule has 2 N–H and O–H groups in total. The number of hydrogen-bond donors (Lipinski definition) is 2. The van der Waals surface area contributed by atoms with Crippen molar-refractivity contribution >= 4 is 23.2 Å². The van der Waals surface area contributed by atoms with Crippen molar-refractivity contribution < 1.29 is 19.1 Å². The van der Waals surface area contributed by atoms with Gasteiger partial charge in [0.25, 0.3) is 0 Å². The van der Waals surface area contributed by atoms with E-state index in [-0.39, 0.29) is 6.10 Å². The van der Waals surface area contributed by atoms with Gasteiger partial charge in [0.05, 0.1) is 13.2 Å². The molecule has 0 bridgehead atoms. The van der Waals surface area contributed by atoms with Crippen LogP contribution < -0.4 is 10.6 Å². The summed E-state index contributed by atoms with van der Waals surface area (Å²) >= 11 is 1.54. The largest absolute Gasteiger partial charge is 0.347 e. The second-order valence-corrected chi connectivity index (χ2v) is 6.67. The van der Waals surface area contributed by atoms with E-state index in [0.29, 0.717) is 19.7 Å². The first-order valence-corrected chi connectivity index (χ1v) is 8.45. The molecule has 2 amide bonds. The molecule has 3 rings (SSSR count). The first-order chi connectivity index (χ1) is 10.7. The molecule has 22 heavy (non-hydrogen) atoms. The zero-order chi connectivity index (χ0) is 15.4. The fourth-order valence-electron chi connectivity index (χ4n) is 2.84. The van der Waals surface area contributed by atoms with Crippen molar-refractivity contribution in [2.75, 3.05) is 13.2 Å². The van der Waals surface area contributed by atoms with Crippen molar-refractivity contribution in [1.82, 2.24) is 10.6 Å². The minimum atomic E-state index is -0.632. The summed E-state index contributed by atoms with van der Waals surface area (Å²) in [6.07, 6.45) is 3.89. The molecular formula is C15H20N2O4S. The molecule has 6 nitrogen and oxygen atoms in total. The minimum absolute atomic E-state index is 0.174. The van der Waals surface area contributed by atoms with Crippen molar-refractivity contribution in [2.45, 2.75) is 44.1 Å². The highest BCUT2D eigenvalue weighted by molar-refractivity contribution is 7.09. The number of carbonyl (C=O) groups excluding carboxylic acids is 2. The predicted octanol–water partition coefficient (Wildman–Crippen LogP) is 1.17. The molecule has 2 heterocycles. The highest BCUT2D eigenvalue weighted by atomic mass is 32.1. The molecule has 120 valence electrons. The van der Waals surface area contributed by atoms with E-state index in [2.05, 4.69) is 10.6 Å². The van der Waals surface area contributed by atoms with Crippen LogP contribution in [0.5, 0.6) is 0 Å². The number of rotatable bonds is 4. The number of amides is 2. The van der Waals surface area contributed by atoms with Crippen LogP contribution in [0.15, 0.2) is 17.5 Å². The van der Waals surface area contributed by atoms with Gasteiger partial charge in [-0.1, -0.05) is 6.07 Å². The van der Waals surface area contributed by atoms with Crippen LogP contribution in [0.3, 0.4) is 0 Å². The summed E-state index contributed by atoms with van der Waals surface area (Å²) in [5.41, 5.74) is 0. The van der Waals surface area contributed by atoms with E-state index < -0.39 is 17.6 Å². The maximum Gasteiger partial charge on any atom is 0.309 e. The second kappa shape index (κ2) is 6.76. The fraction of sp³-hybridized carbons (Fsp3) is 0.600. The van der Waals surface area contributed by atoms with Gasteiger partial charge in [0.15, 0.2) is 5.79 Å². The lowest BCUT2D eigenvalue weighted by atomic mass is 10.2. The number of hydrogen-bond acceptors (Lipinski definition) is 5. The summed E-state index contributed by atoms with van der Waals surface area (Å²) in [5, 5.41) is 7.13. The second-order valence-electron chi connectivity index (χ2n) is 5.64. The molecule has 1 aromatic rings. The first kappa shape index (κ1) is 15.5. The molecule has 2 aliphatic rings. The van der Waals surface area contributed by atoms with Crippen molar-refractivity contribution in [1.29, 1.82) is 0 Å². The van der Waals surface area contributed by atoms with E-state index in [4.69, 9.17) is 9.47 Å². The average molecular weight is 324 g/mol. The Hall–Kier alpha value is -1.44. The van der Waals surface area contributed by atoms with Gasteiger partial charge in [-0.05, 0) is 24.3 Å². The molecule has 1 aromatic heterocycles. The minimum Gasteiger partial charge on any atom is -0.347 e. The molecule has 1 aliphatic carbocycles. The lowest BCUT2D eigenvalue weighted by Gasteiger charge is -2.21. The molecular weight excluding hydrogens is 304 g/mol. The molecule has 0 radical (unpaired) electrons. The molecule has 0 unspecified atom stereocenters. The van der Waals surface area contributed by atoms with Crippen LogP contribution in [0.4, 0.5) is 0 Å². The number of ether oxygens (including phenoxy) is 2. The highest BCUT2D eigenvalue weighted by Gasteiger charge is 2.43. The van der Waals surface area contributed by atoms with E-state index in [1.807, 2.05) is 17.5 Å². The van der Waals surface area contributed by atoms with Gasteiger partial charge in [-0.2, -0.15) is 0 Å². The lowest BCUT2D eigenvalue weighted by molar-refractivity contribution is -0.161. The third-order valence-corrected chi connectivity index (χ3v) is 4.86. The summed E-state index contributed by atoms with van der Waals surface area (Å²) in [6, 6.07) is 3.82. The molecule has 1 atom stereocenters. The SMILES string of the molecule is O=C(NCc1cccs1)C(=O)NC[C@@H]1COC2(CCCC2)O1. The van der Waals surface area contributed by atoms with E-state index in [1.165, 1.54) is 11.3 Å². The van der Waals surface area contributed by atoms with Crippen molar-refractivity contribution in [2.24, 2.45) is 0 Å². The number of nitrogens with one attached hydrogen (secondary N) is 2. The van der Waals surface area contributed by atoms with Gasteiger partial charge in [0.1, 0.15) is 6.10 Å². The Labute approximate surface area is 133 Å². The topological polar surface area (TPSA) is 76.7 Å². The van der Waals surface area contributed by atoms with Gasteiger partial charge in [0.2, 0.25) is 0 Å². The fourth-order valence-corrected chi connectivity index (χ4v) is 3.49. The first-order valence-electron chi connectivity index (χ1n) is 7.57. The van der Waals surface area contributed by atoms with Gasteiger partial charge in [-0.25, -0.2) is 0 Å². The summed E-state index contributed by atoms with van der Waals surface area (Å²) in [4.78, 5) is 24.5. The van der Waals surface area contributed by atoms with E-state index in [0.717, 1.165) is 30.6 Å². The zero-order valence-corrected chi connectivity index (χ0v) is 13.1. The third-order valence-electron chi connectivity index (χ3n) is 3.98. The Balaban J connectivity index is 1.38. The average Bonchev–Trinajstić information content (AvgIpc) is 3.26. The molecule has 1 aliphatic heterocycles. The quantitative estimate of drug-likeness (QED) is 0.815. The third kappa shape index (κ3) is 3.66. The predicted molar refractivity (Wildman–Crippen MR) is 81.2 cm³/mol. The Kier molecular flexibility index (Phi) is 4.75. The summed E-state index contributed by atoms with van der Waals surface area (Å²) < 4.78 is 11.6. The van der Waals surface area contributed by atoms with Crippen LogP contribution in [-0.2, 0) is 25.6 Å². The smallest absolute Gasteiger partial charge is 0.309 e. The molecule has 7 heteroatoms. The summed E-state index contributed by atoms with van der Waals surface area (Å²) in [5.74, 6) is -1.69. The molecule has 1 saturated heterocycles. The van der Waals surface area contributed by atoms with Gasteiger partial charge >= 0.3 is 11.8 Å². The molecule has 0 aromatic carbocycles. The maximum atomic E-state index is 11.8. The molecule has 1 spiro atoms.